The standard InChI is InChI=1S/C33H45ClN6O7S/c1-16(2)13-21-29(43)36-22(14-19-18-9-6-7-10-20(18)35-28(19)34)30(44)38-23(15-25(41)42)33(47)40-12-8-11-24(40)31(45)39-26(32(46)37-21)27(48-5)17(3)4/h6-7,9-10,16-17,19,21-24,26-27H,8,11-15H2,1-5H3,(H,36,43)(H,37,46)(H,38,44)(H,39,45)(H,41,42)/t19?,21-,22+,23+,24-,26+,27?/m0/s1. The number of carbonyl (C=O) groups is 6. The minimum atomic E-state index is -1.52. The van der Waals surface area contributed by atoms with Crippen LogP contribution in [0, 0.1) is 11.8 Å². The fourth-order valence-corrected chi connectivity index (χ4v) is 7.93. The lowest BCUT2D eigenvalue weighted by molar-refractivity contribution is -0.146. The molecule has 4 rings (SSSR count). The maximum Gasteiger partial charge on any atom is 0.305 e. The normalized spacial score (nSPS) is 27.6. The average molecular weight is 705 g/mol. The third-order valence-electron chi connectivity index (χ3n) is 8.94. The molecule has 1 aromatic rings. The third kappa shape index (κ3) is 8.68. The number of aliphatic imine (C=N–C) groups is 1. The summed E-state index contributed by atoms with van der Waals surface area (Å²) in [6, 6.07) is 1.28. The van der Waals surface area contributed by atoms with E-state index >= 15 is 0 Å². The Hall–Kier alpha value is -3.65. The molecule has 2 fully saturated rings. The molecule has 2 saturated heterocycles. The van der Waals surface area contributed by atoms with E-state index in [0.29, 0.717) is 18.5 Å². The predicted molar refractivity (Wildman–Crippen MR) is 183 cm³/mol. The molecule has 1 aromatic carbocycles. The maximum atomic E-state index is 14.0. The zero-order valence-corrected chi connectivity index (χ0v) is 29.4. The van der Waals surface area contributed by atoms with Crippen molar-refractivity contribution in [2.45, 2.75) is 101 Å². The van der Waals surface area contributed by atoms with Crippen LogP contribution in [-0.2, 0) is 28.8 Å². The molecule has 0 aromatic heterocycles. The van der Waals surface area contributed by atoms with Gasteiger partial charge in [-0.2, -0.15) is 11.8 Å². The number of halogens is 1. The Morgan fingerprint density at radius 3 is 2.25 bits per heavy atom. The molecule has 3 heterocycles. The van der Waals surface area contributed by atoms with Gasteiger partial charge in [0.05, 0.1) is 12.1 Å². The van der Waals surface area contributed by atoms with Crippen molar-refractivity contribution >= 4 is 69.7 Å². The number of carboxylic acids is 1. The van der Waals surface area contributed by atoms with Gasteiger partial charge in [0, 0.05) is 17.7 Å². The van der Waals surface area contributed by atoms with Crippen LogP contribution in [0.4, 0.5) is 5.69 Å². The fourth-order valence-electron chi connectivity index (χ4n) is 6.62. The first-order valence-corrected chi connectivity index (χ1v) is 18.0. The van der Waals surface area contributed by atoms with Crippen LogP contribution in [0.1, 0.15) is 71.3 Å². The summed E-state index contributed by atoms with van der Waals surface area (Å²) in [6.07, 6.45) is 2.02. The van der Waals surface area contributed by atoms with Gasteiger partial charge in [0.15, 0.2) is 0 Å². The van der Waals surface area contributed by atoms with E-state index in [1.165, 1.54) is 16.7 Å². The molecule has 0 aliphatic carbocycles. The number of para-hydroxylation sites is 1. The average Bonchev–Trinajstić information content (AvgIpc) is 3.63. The molecule has 0 saturated carbocycles. The lowest BCUT2D eigenvalue weighted by Crippen LogP contribution is -2.60. The second kappa shape index (κ2) is 16.2. The number of rotatable bonds is 9. The summed E-state index contributed by atoms with van der Waals surface area (Å²) in [5.41, 5.74) is 1.37. The molecule has 0 spiro atoms. The molecule has 7 atom stereocenters. The lowest BCUT2D eigenvalue weighted by Gasteiger charge is -2.33. The number of hydrogen-bond donors (Lipinski definition) is 5. The van der Waals surface area contributed by atoms with Crippen molar-refractivity contribution in [3.8, 4) is 0 Å². The Morgan fingerprint density at radius 2 is 1.60 bits per heavy atom. The van der Waals surface area contributed by atoms with Gasteiger partial charge in [0.1, 0.15) is 35.4 Å². The molecular weight excluding hydrogens is 660 g/mol. The Kier molecular flexibility index (Phi) is 12.5. The van der Waals surface area contributed by atoms with Crippen LogP contribution >= 0.6 is 23.4 Å². The number of aliphatic carboxylic acids is 1. The van der Waals surface area contributed by atoms with E-state index in [9.17, 15) is 33.9 Å². The summed E-state index contributed by atoms with van der Waals surface area (Å²) in [7, 11) is 0. The zero-order chi connectivity index (χ0) is 35.3. The summed E-state index contributed by atoms with van der Waals surface area (Å²) in [6.45, 7) is 7.79. The highest BCUT2D eigenvalue weighted by atomic mass is 35.5. The molecule has 15 heteroatoms. The molecule has 3 aliphatic rings. The summed E-state index contributed by atoms with van der Waals surface area (Å²) in [5, 5.41) is 20.6. The molecule has 0 radical (unpaired) electrons. The fraction of sp³-hybridized carbons (Fsp3) is 0.606. The minimum Gasteiger partial charge on any atom is -0.481 e. The molecule has 2 unspecified atom stereocenters. The van der Waals surface area contributed by atoms with E-state index in [4.69, 9.17) is 11.6 Å². The molecule has 48 heavy (non-hydrogen) atoms. The van der Waals surface area contributed by atoms with Gasteiger partial charge in [-0.25, -0.2) is 4.99 Å². The monoisotopic (exact) mass is 704 g/mol. The second-order valence-corrected chi connectivity index (χ2v) is 14.7. The smallest absolute Gasteiger partial charge is 0.305 e. The van der Waals surface area contributed by atoms with Gasteiger partial charge < -0.3 is 31.3 Å². The van der Waals surface area contributed by atoms with E-state index in [0.717, 1.165) is 5.56 Å². The van der Waals surface area contributed by atoms with E-state index < -0.39 is 78.1 Å². The van der Waals surface area contributed by atoms with Crippen molar-refractivity contribution in [1.29, 1.82) is 0 Å². The molecule has 0 bridgehead atoms. The van der Waals surface area contributed by atoms with Gasteiger partial charge in [-0.05, 0) is 55.4 Å². The zero-order valence-electron chi connectivity index (χ0n) is 27.8. The SMILES string of the molecule is CSC(C(C)C)[C@H]1NC(=O)[C@@H]2CCCN2C(=O)[C@@H](CC(=O)O)NC(=O)[C@@H](CC2C(Cl)=Nc3ccccc32)NC(=O)[C@H](CC(C)C)NC1=O. The number of thioether (sulfide) groups is 1. The van der Waals surface area contributed by atoms with E-state index in [1.807, 2.05) is 40.0 Å². The van der Waals surface area contributed by atoms with Gasteiger partial charge in [-0.1, -0.05) is 57.5 Å². The first-order chi connectivity index (χ1) is 22.7. The summed E-state index contributed by atoms with van der Waals surface area (Å²) < 4.78 is 0. The second-order valence-electron chi connectivity index (χ2n) is 13.3. The Bertz CT molecular complexity index is 1450. The lowest BCUT2D eigenvalue weighted by atomic mass is 9.92. The first kappa shape index (κ1) is 37.2. The van der Waals surface area contributed by atoms with Crippen LogP contribution in [-0.4, -0.2) is 98.9 Å². The van der Waals surface area contributed by atoms with Crippen LogP contribution in [0.15, 0.2) is 29.3 Å². The highest BCUT2D eigenvalue weighted by molar-refractivity contribution is 7.99. The van der Waals surface area contributed by atoms with E-state index in [-0.39, 0.29) is 41.6 Å². The topological polar surface area (TPSA) is 186 Å². The van der Waals surface area contributed by atoms with Gasteiger partial charge in [0.2, 0.25) is 29.5 Å². The van der Waals surface area contributed by atoms with E-state index in [1.54, 1.807) is 18.2 Å². The Morgan fingerprint density at radius 1 is 0.958 bits per heavy atom. The highest BCUT2D eigenvalue weighted by Gasteiger charge is 2.43. The van der Waals surface area contributed by atoms with E-state index in [2.05, 4.69) is 26.3 Å². The molecular formula is C33H45ClN6O7S. The van der Waals surface area contributed by atoms with Crippen molar-refractivity contribution < 1.29 is 33.9 Å². The molecule has 13 nitrogen and oxygen atoms in total. The Balaban J connectivity index is 1.79. The predicted octanol–water partition coefficient (Wildman–Crippen LogP) is 2.29. The number of carboxylic acid groups (broad SMARTS) is 1. The number of nitrogens with one attached hydrogen (secondary N) is 4. The maximum absolute atomic E-state index is 14.0. The number of benzene rings is 1. The van der Waals surface area contributed by atoms with Crippen LogP contribution in [0.5, 0.6) is 0 Å². The number of nitrogens with zero attached hydrogens (tertiary/aromatic N) is 2. The van der Waals surface area contributed by atoms with Gasteiger partial charge in [-0.15, -0.1) is 0 Å². The Labute approximate surface area is 289 Å². The van der Waals surface area contributed by atoms with Crippen molar-refractivity contribution in [3.63, 3.8) is 0 Å². The summed E-state index contributed by atoms with van der Waals surface area (Å²) in [5.74, 6) is -5.32. The van der Waals surface area contributed by atoms with Gasteiger partial charge in [0.25, 0.3) is 0 Å². The molecule has 5 N–H and O–H groups in total. The first-order valence-electron chi connectivity index (χ1n) is 16.3. The minimum absolute atomic E-state index is 0.0437. The van der Waals surface area contributed by atoms with Gasteiger partial charge in [-0.3, -0.25) is 28.8 Å². The van der Waals surface area contributed by atoms with Crippen molar-refractivity contribution in [2.75, 3.05) is 12.8 Å². The quantitative estimate of drug-likeness (QED) is 0.259. The van der Waals surface area contributed by atoms with Crippen molar-refractivity contribution in [2.24, 2.45) is 16.8 Å². The number of hydrogen-bond acceptors (Lipinski definition) is 8. The van der Waals surface area contributed by atoms with Gasteiger partial charge >= 0.3 is 5.97 Å². The number of carbonyl (C=O) groups excluding carboxylic acids is 5. The number of fused-ring (bicyclic) bond motifs is 2. The van der Waals surface area contributed by atoms with Crippen LogP contribution in [0.3, 0.4) is 0 Å². The third-order valence-corrected chi connectivity index (χ3v) is 10.7. The summed E-state index contributed by atoms with van der Waals surface area (Å²) in [4.78, 5) is 87.3. The largest absolute Gasteiger partial charge is 0.481 e. The number of amides is 5. The summed E-state index contributed by atoms with van der Waals surface area (Å²) >= 11 is 7.95. The molecule has 5 amide bonds. The van der Waals surface area contributed by atoms with Crippen LogP contribution in [0.2, 0.25) is 0 Å². The van der Waals surface area contributed by atoms with Crippen molar-refractivity contribution in [1.82, 2.24) is 26.2 Å². The molecule has 262 valence electrons. The van der Waals surface area contributed by atoms with Crippen LogP contribution < -0.4 is 21.3 Å². The van der Waals surface area contributed by atoms with Crippen molar-refractivity contribution in [3.05, 3.63) is 29.8 Å². The van der Waals surface area contributed by atoms with Crippen LogP contribution in [0.25, 0.3) is 0 Å². The highest BCUT2D eigenvalue weighted by Crippen LogP contribution is 2.39. The molecule has 3 aliphatic heterocycles.